The molecular formula is C10H6F4N2O3. The van der Waals surface area contributed by atoms with E-state index in [9.17, 15) is 22.4 Å². The highest BCUT2D eigenvalue weighted by atomic mass is 19.4. The number of ether oxygens (including phenoxy) is 1. The largest absolute Gasteiger partial charge is 0.573 e. The summed E-state index contributed by atoms with van der Waals surface area (Å²) >= 11 is 0. The number of hydrogen-bond donors (Lipinski definition) is 2. The van der Waals surface area contributed by atoms with Gasteiger partial charge in [-0.2, -0.15) is 5.26 Å². The second-order valence-corrected chi connectivity index (χ2v) is 3.25. The van der Waals surface area contributed by atoms with Gasteiger partial charge in [0.2, 0.25) is 0 Å². The second kappa shape index (κ2) is 5.43. The fourth-order valence-electron chi connectivity index (χ4n) is 1.22. The maximum absolute atomic E-state index is 13.3. The Kier molecular flexibility index (Phi) is 4.16. The Labute approximate surface area is 104 Å². The third-order valence-electron chi connectivity index (χ3n) is 1.91. The number of halogens is 4. The van der Waals surface area contributed by atoms with Gasteiger partial charge in [-0.1, -0.05) is 6.07 Å². The van der Waals surface area contributed by atoms with Gasteiger partial charge in [0.25, 0.3) is 0 Å². The van der Waals surface area contributed by atoms with Gasteiger partial charge in [0.05, 0.1) is 6.07 Å². The van der Waals surface area contributed by atoms with Crippen molar-refractivity contribution < 1.29 is 32.2 Å². The molecule has 1 aromatic rings. The number of alkyl halides is 3. The molecule has 0 saturated carbocycles. The Morgan fingerprint density at radius 3 is 2.53 bits per heavy atom. The van der Waals surface area contributed by atoms with E-state index in [1.807, 2.05) is 0 Å². The number of carboxylic acid groups (broad SMARTS) is 1. The lowest BCUT2D eigenvalue weighted by Gasteiger charge is -2.12. The van der Waals surface area contributed by atoms with E-state index < -0.39 is 30.1 Å². The lowest BCUT2D eigenvalue weighted by atomic mass is 10.1. The smallest absolute Gasteiger partial charge is 0.465 e. The van der Waals surface area contributed by atoms with Gasteiger partial charge in [-0.25, -0.2) is 9.18 Å². The zero-order valence-corrected chi connectivity index (χ0v) is 9.03. The van der Waals surface area contributed by atoms with Crippen LogP contribution in [0.1, 0.15) is 11.6 Å². The van der Waals surface area contributed by atoms with Gasteiger partial charge in [0, 0.05) is 0 Å². The van der Waals surface area contributed by atoms with Gasteiger partial charge in [-0.15, -0.1) is 13.2 Å². The van der Waals surface area contributed by atoms with Gasteiger partial charge in [0.1, 0.15) is 6.04 Å². The first kappa shape index (κ1) is 14.6. The predicted octanol–water partition coefficient (Wildman–Crippen LogP) is 2.56. The molecule has 1 unspecified atom stereocenters. The Hall–Kier alpha value is -2.50. The molecule has 1 atom stereocenters. The first-order valence-corrected chi connectivity index (χ1v) is 4.67. The first-order chi connectivity index (χ1) is 8.73. The van der Waals surface area contributed by atoms with Crippen LogP contribution in [0.5, 0.6) is 5.75 Å². The maximum atomic E-state index is 13.3. The molecule has 19 heavy (non-hydrogen) atoms. The van der Waals surface area contributed by atoms with Crippen LogP contribution in [0.25, 0.3) is 0 Å². The Morgan fingerprint density at radius 1 is 1.47 bits per heavy atom. The molecule has 0 aliphatic rings. The molecule has 0 aromatic heterocycles. The van der Waals surface area contributed by atoms with Crippen molar-refractivity contribution in [1.82, 2.24) is 5.32 Å². The van der Waals surface area contributed by atoms with E-state index in [1.165, 1.54) is 6.07 Å². The highest BCUT2D eigenvalue weighted by molar-refractivity contribution is 5.65. The molecule has 0 heterocycles. The molecular weight excluding hydrogens is 272 g/mol. The van der Waals surface area contributed by atoms with E-state index >= 15 is 0 Å². The molecule has 0 spiro atoms. The van der Waals surface area contributed by atoms with Crippen LogP contribution in [0, 0.1) is 17.1 Å². The number of benzene rings is 1. The minimum Gasteiger partial charge on any atom is -0.465 e. The van der Waals surface area contributed by atoms with Gasteiger partial charge < -0.3 is 15.2 Å². The van der Waals surface area contributed by atoms with E-state index in [0.717, 1.165) is 6.07 Å². The van der Waals surface area contributed by atoms with E-state index in [0.29, 0.717) is 12.1 Å². The van der Waals surface area contributed by atoms with Crippen LogP contribution in [0.15, 0.2) is 18.2 Å². The lowest BCUT2D eigenvalue weighted by Crippen LogP contribution is -2.25. The van der Waals surface area contributed by atoms with Crippen LogP contribution in [-0.4, -0.2) is 17.6 Å². The maximum Gasteiger partial charge on any atom is 0.573 e. The van der Waals surface area contributed by atoms with E-state index in [-0.39, 0.29) is 5.56 Å². The average Bonchev–Trinajstić information content (AvgIpc) is 2.27. The first-order valence-electron chi connectivity index (χ1n) is 4.67. The van der Waals surface area contributed by atoms with Crippen molar-refractivity contribution in [3.63, 3.8) is 0 Å². The summed E-state index contributed by atoms with van der Waals surface area (Å²) in [6.45, 7) is 0. The minimum atomic E-state index is -5.05. The van der Waals surface area contributed by atoms with Crippen LogP contribution in [0.4, 0.5) is 22.4 Å². The van der Waals surface area contributed by atoms with Crippen LogP contribution in [-0.2, 0) is 0 Å². The molecule has 1 amide bonds. The number of hydrogen-bond acceptors (Lipinski definition) is 3. The van der Waals surface area contributed by atoms with Gasteiger partial charge in [-0.3, -0.25) is 0 Å². The van der Waals surface area contributed by atoms with Gasteiger partial charge >= 0.3 is 12.5 Å². The summed E-state index contributed by atoms with van der Waals surface area (Å²) in [5.41, 5.74) is -0.142. The standard InChI is InChI=1S/C10H6F4N2O3/c11-6-3-5(7(4-15)16-9(17)18)1-2-8(6)19-10(12,13)14/h1-3,7,16H,(H,17,18). The lowest BCUT2D eigenvalue weighted by molar-refractivity contribution is -0.275. The van der Waals surface area contributed by atoms with Crippen LogP contribution >= 0.6 is 0 Å². The van der Waals surface area contributed by atoms with E-state index in [1.54, 1.807) is 5.32 Å². The summed E-state index contributed by atoms with van der Waals surface area (Å²) in [5, 5.41) is 18.9. The number of nitrogens with zero attached hydrogens (tertiary/aromatic N) is 1. The average molecular weight is 278 g/mol. The molecule has 0 fully saturated rings. The van der Waals surface area contributed by atoms with Crippen molar-refractivity contribution >= 4 is 6.09 Å². The van der Waals surface area contributed by atoms with E-state index in [2.05, 4.69) is 4.74 Å². The Bertz CT molecular complexity index is 524. The molecule has 9 heteroatoms. The molecule has 1 aromatic carbocycles. The number of carbonyl (C=O) groups is 1. The molecule has 0 radical (unpaired) electrons. The fourth-order valence-corrected chi connectivity index (χ4v) is 1.22. The summed E-state index contributed by atoms with van der Waals surface area (Å²) in [4.78, 5) is 10.4. The highest BCUT2D eigenvalue weighted by Crippen LogP contribution is 2.27. The summed E-state index contributed by atoms with van der Waals surface area (Å²) in [7, 11) is 0. The molecule has 0 aliphatic heterocycles. The predicted molar refractivity (Wildman–Crippen MR) is 52.6 cm³/mol. The molecule has 2 N–H and O–H groups in total. The number of rotatable bonds is 3. The minimum absolute atomic E-state index is 0.142. The van der Waals surface area contributed by atoms with Crippen LogP contribution in [0.2, 0.25) is 0 Å². The number of nitriles is 1. The van der Waals surface area contributed by atoms with Crippen molar-refractivity contribution in [2.24, 2.45) is 0 Å². The summed E-state index contributed by atoms with van der Waals surface area (Å²) < 4.78 is 52.4. The van der Waals surface area contributed by atoms with Gasteiger partial charge in [0.15, 0.2) is 11.6 Å². The molecule has 1 rings (SSSR count). The molecule has 0 saturated heterocycles. The third-order valence-corrected chi connectivity index (χ3v) is 1.91. The Balaban J connectivity index is 2.99. The highest BCUT2D eigenvalue weighted by Gasteiger charge is 2.32. The van der Waals surface area contributed by atoms with Crippen molar-refractivity contribution in [3.8, 4) is 11.8 Å². The Morgan fingerprint density at radius 2 is 2.11 bits per heavy atom. The zero-order chi connectivity index (χ0) is 14.6. The SMILES string of the molecule is N#CC(NC(=O)O)c1ccc(OC(F)(F)F)c(F)c1. The fraction of sp³-hybridized carbons (Fsp3) is 0.200. The monoisotopic (exact) mass is 278 g/mol. The topological polar surface area (TPSA) is 82.4 Å². The summed E-state index contributed by atoms with van der Waals surface area (Å²) in [6, 6.07) is 2.33. The second-order valence-electron chi connectivity index (χ2n) is 3.25. The van der Waals surface area contributed by atoms with Gasteiger partial charge in [-0.05, 0) is 17.7 Å². The van der Waals surface area contributed by atoms with E-state index in [4.69, 9.17) is 10.4 Å². The summed E-state index contributed by atoms with van der Waals surface area (Å²) in [6.07, 6.45) is -6.57. The normalized spacial score (nSPS) is 12.4. The molecule has 0 bridgehead atoms. The van der Waals surface area contributed by atoms with Crippen LogP contribution < -0.4 is 10.1 Å². The van der Waals surface area contributed by atoms with Crippen molar-refractivity contribution in [2.45, 2.75) is 12.4 Å². The van der Waals surface area contributed by atoms with Crippen molar-refractivity contribution in [1.29, 1.82) is 5.26 Å². The number of amides is 1. The number of nitrogens with one attached hydrogen (secondary N) is 1. The molecule has 0 aliphatic carbocycles. The molecule has 102 valence electrons. The third kappa shape index (κ3) is 4.34. The zero-order valence-electron chi connectivity index (χ0n) is 9.03. The van der Waals surface area contributed by atoms with Crippen LogP contribution in [0.3, 0.4) is 0 Å². The quantitative estimate of drug-likeness (QED) is 0.832. The van der Waals surface area contributed by atoms with Crippen molar-refractivity contribution in [3.05, 3.63) is 29.6 Å². The van der Waals surface area contributed by atoms with Crippen molar-refractivity contribution in [2.75, 3.05) is 0 Å². The molecule has 5 nitrogen and oxygen atoms in total. The summed E-state index contributed by atoms with van der Waals surface area (Å²) in [5.74, 6) is -2.43.